The van der Waals surface area contributed by atoms with Crippen LogP contribution < -0.4 is 15.1 Å². The van der Waals surface area contributed by atoms with Crippen molar-refractivity contribution in [2.75, 3.05) is 36.0 Å². The number of rotatable bonds is 4. The molecule has 2 saturated heterocycles. The number of nitriles is 1. The molecule has 3 fully saturated rings. The van der Waals surface area contributed by atoms with Gasteiger partial charge in [0.25, 0.3) is 5.91 Å². The predicted molar refractivity (Wildman–Crippen MR) is 124 cm³/mol. The van der Waals surface area contributed by atoms with Crippen molar-refractivity contribution < 1.29 is 4.79 Å². The van der Waals surface area contributed by atoms with Gasteiger partial charge in [0.05, 0.1) is 16.9 Å². The molecular weight excluding hydrogens is 424 g/mol. The lowest BCUT2D eigenvalue weighted by Crippen LogP contribution is -2.54. The molecule has 2 aliphatic heterocycles. The van der Waals surface area contributed by atoms with Crippen LogP contribution in [0.2, 0.25) is 5.02 Å². The van der Waals surface area contributed by atoms with Crippen molar-refractivity contribution in [3.05, 3.63) is 65.2 Å². The summed E-state index contributed by atoms with van der Waals surface area (Å²) in [6.07, 6.45) is 4.07. The van der Waals surface area contributed by atoms with E-state index in [0.29, 0.717) is 11.5 Å². The summed E-state index contributed by atoms with van der Waals surface area (Å²) in [7, 11) is 0. The Bertz CT molecular complexity index is 1100. The van der Waals surface area contributed by atoms with E-state index in [-0.39, 0.29) is 16.6 Å². The highest BCUT2D eigenvalue weighted by molar-refractivity contribution is 6.32. The van der Waals surface area contributed by atoms with Gasteiger partial charge < -0.3 is 10.2 Å². The molecule has 0 radical (unpaired) electrons. The zero-order chi connectivity index (χ0) is 22.3. The van der Waals surface area contributed by atoms with Gasteiger partial charge in [0.15, 0.2) is 5.69 Å². The van der Waals surface area contributed by atoms with Crippen LogP contribution in [-0.2, 0) is 11.3 Å². The highest BCUT2D eigenvalue weighted by Crippen LogP contribution is 2.50. The van der Waals surface area contributed by atoms with E-state index in [0.717, 1.165) is 57.7 Å². The van der Waals surface area contributed by atoms with E-state index in [9.17, 15) is 4.79 Å². The third-order valence-electron chi connectivity index (χ3n) is 6.73. The molecular formula is C24H25ClN6O. The van der Waals surface area contributed by atoms with E-state index in [2.05, 4.69) is 50.9 Å². The van der Waals surface area contributed by atoms with Crippen molar-refractivity contribution in [2.45, 2.75) is 31.3 Å². The van der Waals surface area contributed by atoms with Gasteiger partial charge in [0.2, 0.25) is 0 Å². The molecule has 7 nitrogen and oxygen atoms in total. The van der Waals surface area contributed by atoms with E-state index in [1.165, 1.54) is 11.8 Å². The van der Waals surface area contributed by atoms with Crippen LogP contribution in [0.3, 0.4) is 0 Å². The van der Waals surface area contributed by atoms with Gasteiger partial charge in [0.1, 0.15) is 17.4 Å². The summed E-state index contributed by atoms with van der Waals surface area (Å²) in [6.45, 7) is 9.36. The average molecular weight is 449 g/mol. The van der Waals surface area contributed by atoms with Crippen molar-refractivity contribution in [3.63, 3.8) is 0 Å². The maximum atomic E-state index is 13.6. The minimum atomic E-state index is -0.614. The topological polar surface area (TPSA) is 75.5 Å². The first-order valence-corrected chi connectivity index (χ1v) is 11.3. The van der Waals surface area contributed by atoms with E-state index >= 15 is 0 Å². The van der Waals surface area contributed by atoms with E-state index in [1.54, 1.807) is 11.0 Å². The maximum absolute atomic E-state index is 13.6. The smallest absolute Gasteiger partial charge is 0.259 e. The van der Waals surface area contributed by atoms with Crippen LogP contribution >= 0.6 is 11.6 Å². The van der Waals surface area contributed by atoms with E-state index in [4.69, 9.17) is 16.9 Å². The second-order valence-electron chi connectivity index (χ2n) is 8.61. The van der Waals surface area contributed by atoms with Gasteiger partial charge in [-0.1, -0.05) is 30.3 Å². The summed E-state index contributed by atoms with van der Waals surface area (Å²) in [5, 5.41) is 12.7. The SMILES string of the molecule is C=C1N(c2cnc(C#N)c(Cl)c2)C(=O)C2(CCC2)N1c1ccc(CN2CCNCC2)cc1. The number of hydrogen-bond acceptors (Lipinski definition) is 6. The molecule has 5 rings (SSSR count). The van der Waals surface area contributed by atoms with Crippen LogP contribution in [0.5, 0.6) is 0 Å². The molecule has 32 heavy (non-hydrogen) atoms. The van der Waals surface area contributed by atoms with Crippen molar-refractivity contribution in [1.29, 1.82) is 5.26 Å². The summed E-state index contributed by atoms with van der Waals surface area (Å²) in [5.41, 5.74) is 2.28. The predicted octanol–water partition coefficient (Wildman–Crippen LogP) is 3.26. The number of aromatic nitrogens is 1. The first-order chi connectivity index (χ1) is 15.5. The Kier molecular flexibility index (Phi) is 5.38. The van der Waals surface area contributed by atoms with Crippen molar-refractivity contribution >= 4 is 28.9 Å². The molecule has 1 aromatic heterocycles. The Hall–Kier alpha value is -2.92. The Morgan fingerprint density at radius 3 is 2.50 bits per heavy atom. The summed E-state index contributed by atoms with van der Waals surface area (Å²) < 4.78 is 0. The Balaban J connectivity index is 1.43. The van der Waals surface area contributed by atoms with Gasteiger partial charge in [-0.2, -0.15) is 5.26 Å². The number of hydrogen-bond donors (Lipinski definition) is 1. The maximum Gasteiger partial charge on any atom is 0.259 e. The average Bonchev–Trinajstić information content (AvgIpc) is 3.02. The normalized spacial score (nSPS) is 20.5. The molecule has 1 aliphatic carbocycles. The van der Waals surface area contributed by atoms with Gasteiger partial charge in [-0.15, -0.1) is 0 Å². The molecule has 3 aliphatic rings. The third-order valence-corrected chi connectivity index (χ3v) is 7.02. The van der Waals surface area contributed by atoms with Crippen LogP contribution in [0.4, 0.5) is 11.4 Å². The second-order valence-corrected chi connectivity index (χ2v) is 9.01. The fourth-order valence-electron chi connectivity index (χ4n) is 4.89. The number of carbonyl (C=O) groups excluding carboxylic acids is 1. The Morgan fingerprint density at radius 1 is 1.19 bits per heavy atom. The van der Waals surface area contributed by atoms with Gasteiger partial charge in [-0.25, -0.2) is 4.98 Å². The van der Waals surface area contributed by atoms with E-state index < -0.39 is 5.54 Å². The molecule has 1 amide bonds. The van der Waals surface area contributed by atoms with Crippen LogP contribution in [-0.4, -0.2) is 47.5 Å². The van der Waals surface area contributed by atoms with Gasteiger partial charge in [0, 0.05) is 38.4 Å². The zero-order valence-corrected chi connectivity index (χ0v) is 18.6. The fourth-order valence-corrected chi connectivity index (χ4v) is 5.09. The molecule has 164 valence electrons. The molecule has 1 aromatic carbocycles. The molecule has 1 spiro atoms. The molecule has 1 saturated carbocycles. The first-order valence-electron chi connectivity index (χ1n) is 10.9. The lowest BCUT2D eigenvalue weighted by Gasteiger charge is -2.43. The largest absolute Gasteiger partial charge is 0.314 e. The van der Waals surface area contributed by atoms with Crippen LogP contribution in [0, 0.1) is 11.3 Å². The summed E-state index contributed by atoms with van der Waals surface area (Å²) in [5.74, 6) is 0.577. The number of nitrogens with one attached hydrogen (secondary N) is 1. The van der Waals surface area contributed by atoms with Gasteiger partial charge >= 0.3 is 0 Å². The Morgan fingerprint density at radius 2 is 1.91 bits per heavy atom. The molecule has 0 atom stereocenters. The van der Waals surface area contributed by atoms with Crippen molar-refractivity contribution in [2.24, 2.45) is 0 Å². The molecule has 1 N–H and O–H groups in total. The van der Waals surface area contributed by atoms with Crippen LogP contribution in [0.15, 0.2) is 48.9 Å². The zero-order valence-electron chi connectivity index (χ0n) is 17.9. The minimum Gasteiger partial charge on any atom is -0.314 e. The number of carbonyl (C=O) groups is 1. The highest BCUT2D eigenvalue weighted by atomic mass is 35.5. The summed E-state index contributed by atoms with van der Waals surface area (Å²) in [6, 6.07) is 12.0. The highest BCUT2D eigenvalue weighted by Gasteiger charge is 2.58. The molecule has 0 unspecified atom stereocenters. The van der Waals surface area contributed by atoms with Gasteiger partial charge in [-0.3, -0.25) is 14.6 Å². The van der Waals surface area contributed by atoms with E-state index in [1.807, 2.05) is 6.07 Å². The number of amides is 1. The first kappa shape index (κ1) is 21.0. The third kappa shape index (κ3) is 3.36. The quantitative estimate of drug-likeness (QED) is 0.773. The number of pyridine rings is 1. The molecule has 0 bridgehead atoms. The minimum absolute atomic E-state index is 0.0128. The monoisotopic (exact) mass is 448 g/mol. The number of anilines is 2. The summed E-state index contributed by atoms with van der Waals surface area (Å²) >= 11 is 6.20. The molecule has 2 aromatic rings. The lowest BCUT2D eigenvalue weighted by molar-refractivity contribution is -0.123. The van der Waals surface area contributed by atoms with Crippen molar-refractivity contribution in [1.82, 2.24) is 15.2 Å². The fraction of sp³-hybridized carbons (Fsp3) is 0.375. The summed E-state index contributed by atoms with van der Waals surface area (Å²) in [4.78, 5) is 23.8. The number of nitrogens with zero attached hydrogens (tertiary/aromatic N) is 5. The standard InChI is InChI=1S/C24H25ClN6O/c1-17-30(20-13-21(25)22(14-26)28-15-20)23(32)24(7-2-8-24)31(17)19-5-3-18(4-6-19)16-29-11-9-27-10-12-29/h3-6,13,15,27H,1-2,7-12,16H2. The van der Waals surface area contributed by atoms with Gasteiger partial charge in [-0.05, 0) is 43.0 Å². The van der Waals surface area contributed by atoms with Crippen LogP contribution in [0.1, 0.15) is 30.5 Å². The second kappa shape index (κ2) is 8.21. The number of halogens is 1. The van der Waals surface area contributed by atoms with Crippen molar-refractivity contribution in [3.8, 4) is 6.07 Å². The molecule has 8 heteroatoms. The number of benzene rings is 1. The molecule has 3 heterocycles. The Labute approximate surface area is 192 Å². The van der Waals surface area contributed by atoms with Crippen LogP contribution in [0.25, 0.3) is 0 Å². The lowest BCUT2D eigenvalue weighted by atomic mass is 9.75. The number of piperazine rings is 1.